The van der Waals surface area contributed by atoms with Gasteiger partial charge in [0.2, 0.25) is 0 Å². The predicted molar refractivity (Wildman–Crippen MR) is 67.9 cm³/mol. The van der Waals surface area contributed by atoms with Crippen LogP contribution in [0, 0.1) is 0 Å². The molecule has 0 radical (unpaired) electrons. The average Bonchev–Trinajstić information content (AvgIpc) is 3.05. The summed E-state index contributed by atoms with van der Waals surface area (Å²) in [5.41, 5.74) is 0. The van der Waals surface area contributed by atoms with Crippen LogP contribution in [0.25, 0.3) is 0 Å². The molecule has 2 rings (SSSR count). The zero-order chi connectivity index (χ0) is 13.8. The van der Waals surface area contributed by atoms with Crippen LogP contribution in [0.2, 0.25) is 0 Å². The fourth-order valence-corrected chi connectivity index (χ4v) is 2.25. The number of hydrogen-bond donors (Lipinski definition) is 2. The molecule has 0 aromatic carbocycles. The topological polar surface area (TPSA) is 82.8 Å². The molecule has 1 amide bonds. The van der Waals surface area contributed by atoms with Crippen LogP contribution in [-0.4, -0.2) is 41.5 Å². The van der Waals surface area contributed by atoms with E-state index in [1.807, 2.05) is 6.92 Å². The molecule has 0 spiro atoms. The number of carbonyl (C=O) groups is 2. The third-order valence-corrected chi connectivity index (χ3v) is 3.35. The van der Waals surface area contributed by atoms with E-state index in [1.165, 1.54) is 12.8 Å². The van der Waals surface area contributed by atoms with Crippen molar-refractivity contribution in [2.75, 3.05) is 19.6 Å². The summed E-state index contributed by atoms with van der Waals surface area (Å²) in [5.74, 6) is -0.683. The van der Waals surface area contributed by atoms with Crippen molar-refractivity contribution in [3.05, 3.63) is 23.7 Å². The molecule has 2 N–H and O–H groups in total. The van der Waals surface area contributed by atoms with Crippen molar-refractivity contribution in [2.24, 2.45) is 0 Å². The monoisotopic (exact) mass is 266 g/mol. The first-order chi connectivity index (χ1) is 9.08. The molecule has 1 aromatic heterocycles. The summed E-state index contributed by atoms with van der Waals surface area (Å²) in [5, 5.41) is 10.8. The maximum atomic E-state index is 11.6. The van der Waals surface area contributed by atoms with Crippen molar-refractivity contribution in [3.8, 4) is 0 Å². The molecule has 1 aliphatic heterocycles. The number of rotatable bonds is 5. The van der Waals surface area contributed by atoms with Crippen LogP contribution in [0.3, 0.4) is 0 Å². The van der Waals surface area contributed by atoms with Gasteiger partial charge >= 0.3 is 5.97 Å². The van der Waals surface area contributed by atoms with Crippen LogP contribution in [0.1, 0.15) is 42.1 Å². The number of carbonyl (C=O) groups excluding carboxylic acids is 1. The molecule has 1 aromatic rings. The van der Waals surface area contributed by atoms with E-state index >= 15 is 0 Å². The highest BCUT2D eigenvalue weighted by atomic mass is 16.4. The summed E-state index contributed by atoms with van der Waals surface area (Å²) in [6, 6.07) is 3.50. The van der Waals surface area contributed by atoms with Gasteiger partial charge in [-0.25, -0.2) is 0 Å². The zero-order valence-electron chi connectivity index (χ0n) is 10.9. The Morgan fingerprint density at radius 3 is 2.74 bits per heavy atom. The van der Waals surface area contributed by atoms with E-state index in [0.29, 0.717) is 0 Å². The van der Waals surface area contributed by atoms with E-state index < -0.39 is 18.4 Å². The number of carboxylic acid groups (broad SMARTS) is 1. The van der Waals surface area contributed by atoms with E-state index in [4.69, 9.17) is 9.52 Å². The summed E-state index contributed by atoms with van der Waals surface area (Å²) < 4.78 is 5.51. The Balaban J connectivity index is 1.97. The highest BCUT2D eigenvalue weighted by Crippen LogP contribution is 2.25. The van der Waals surface area contributed by atoms with Gasteiger partial charge in [-0.15, -0.1) is 0 Å². The molecule has 0 aliphatic carbocycles. The molecule has 6 heteroatoms. The molecule has 1 unspecified atom stereocenters. The summed E-state index contributed by atoms with van der Waals surface area (Å²) in [4.78, 5) is 24.3. The number of furan rings is 1. The van der Waals surface area contributed by atoms with E-state index in [1.54, 1.807) is 12.1 Å². The molecular weight excluding hydrogens is 248 g/mol. The van der Waals surface area contributed by atoms with Crippen molar-refractivity contribution >= 4 is 11.9 Å². The third kappa shape index (κ3) is 3.35. The van der Waals surface area contributed by atoms with Crippen LogP contribution in [-0.2, 0) is 4.79 Å². The van der Waals surface area contributed by atoms with Gasteiger partial charge in [0, 0.05) is 0 Å². The molecule has 1 saturated heterocycles. The van der Waals surface area contributed by atoms with Crippen molar-refractivity contribution in [3.63, 3.8) is 0 Å². The number of amides is 1. The Bertz CT molecular complexity index is 463. The van der Waals surface area contributed by atoms with Gasteiger partial charge in [-0.3, -0.25) is 14.5 Å². The smallest absolute Gasteiger partial charge is 0.322 e. The van der Waals surface area contributed by atoms with Crippen LogP contribution in [0.5, 0.6) is 0 Å². The van der Waals surface area contributed by atoms with Crippen LogP contribution in [0.4, 0.5) is 0 Å². The highest BCUT2D eigenvalue weighted by Gasteiger charge is 2.23. The summed E-state index contributed by atoms with van der Waals surface area (Å²) >= 11 is 0. The number of nitrogens with one attached hydrogen (secondary N) is 1. The SMILES string of the molecule is CC(c1ccc(C(=O)NCC(=O)O)o1)N1CCCC1. The minimum Gasteiger partial charge on any atom is -0.480 e. The molecule has 6 nitrogen and oxygen atoms in total. The fraction of sp³-hybridized carbons (Fsp3) is 0.538. The number of aliphatic carboxylic acids is 1. The number of carboxylic acids is 1. The maximum absolute atomic E-state index is 11.6. The second-order valence-corrected chi connectivity index (χ2v) is 4.70. The summed E-state index contributed by atoms with van der Waals surface area (Å²) in [6.45, 7) is 3.73. The van der Waals surface area contributed by atoms with Crippen molar-refractivity contribution in [2.45, 2.75) is 25.8 Å². The number of likely N-dealkylation sites (tertiary alicyclic amines) is 1. The van der Waals surface area contributed by atoms with Gasteiger partial charge in [-0.2, -0.15) is 0 Å². The van der Waals surface area contributed by atoms with Gasteiger partial charge in [-0.1, -0.05) is 0 Å². The van der Waals surface area contributed by atoms with Gasteiger partial charge < -0.3 is 14.8 Å². The highest BCUT2D eigenvalue weighted by molar-refractivity contribution is 5.93. The van der Waals surface area contributed by atoms with Crippen LogP contribution < -0.4 is 5.32 Å². The van der Waals surface area contributed by atoms with Crippen molar-refractivity contribution < 1.29 is 19.1 Å². The quantitative estimate of drug-likeness (QED) is 0.838. The molecule has 0 saturated carbocycles. The molecular formula is C13H18N2O4. The normalized spacial score (nSPS) is 17.3. The minimum absolute atomic E-state index is 0.142. The van der Waals surface area contributed by atoms with Gasteiger partial charge in [0.15, 0.2) is 5.76 Å². The molecule has 1 fully saturated rings. The van der Waals surface area contributed by atoms with Crippen molar-refractivity contribution in [1.29, 1.82) is 0 Å². The first-order valence-corrected chi connectivity index (χ1v) is 6.41. The molecule has 104 valence electrons. The first-order valence-electron chi connectivity index (χ1n) is 6.41. The molecule has 1 atom stereocenters. The van der Waals surface area contributed by atoms with E-state index in [-0.39, 0.29) is 11.8 Å². The lowest BCUT2D eigenvalue weighted by Crippen LogP contribution is -2.28. The summed E-state index contributed by atoms with van der Waals surface area (Å²) in [6.07, 6.45) is 2.38. The standard InChI is InChI=1S/C13H18N2O4/c1-9(15-6-2-3-7-15)10-4-5-11(19-10)13(18)14-8-12(16)17/h4-5,9H,2-3,6-8H2,1H3,(H,14,18)(H,16,17). The van der Waals surface area contributed by atoms with Gasteiger partial charge in [0.1, 0.15) is 12.3 Å². The zero-order valence-corrected chi connectivity index (χ0v) is 10.9. The Kier molecular flexibility index (Phi) is 4.21. The lowest BCUT2D eigenvalue weighted by atomic mass is 10.2. The third-order valence-electron chi connectivity index (χ3n) is 3.35. The molecule has 19 heavy (non-hydrogen) atoms. The second kappa shape index (κ2) is 5.88. The van der Waals surface area contributed by atoms with Gasteiger partial charge in [-0.05, 0) is 45.0 Å². The largest absolute Gasteiger partial charge is 0.480 e. The average molecular weight is 266 g/mol. The van der Waals surface area contributed by atoms with Crippen LogP contribution >= 0.6 is 0 Å². The maximum Gasteiger partial charge on any atom is 0.322 e. The minimum atomic E-state index is -1.08. The Hall–Kier alpha value is -1.82. The first kappa shape index (κ1) is 13.6. The Morgan fingerprint density at radius 2 is 2.11 bits per heavy atom. The van der Waals surface area contributed by atoms with E-state index in [0.717, 1.165) is 18.8 Å². The number of nitrogens with zero attached hydrogens (tertiary/aromatic N) is 1. The Morgan fingerprint density at radius 1 is 1.42 bits per heavy atom. The van der Waals surface area contributed by atoms with Gasteiger partial charge in [0.05, 0.1) is 6.04 Å². The van der Waals surface area contributed by atoms with Gasteiger partial charge in [0.25, 0.3) is 5.91 Å². The van der Waals surface area contributed by atoms with E-state index in [2.05, 4.69) is 10.2 Å². The lowest BCUT2D eigenvalue weighted by molar-refractivity contribution is -0.135. The molecule has 0 bridgehead atoms. The predicted octanol–water partition coefficient (Wildman–Crippen LogP) is 1.25. The molecule has 1 aliphatic rings. The number of hydrogen-bond acceptors (Lipinski definition) is 4. The van der Waals surface area contributed by atoms with Crippen LogP contribution in [0.15, 0.2) is 16.5 Å². The summed E-state index contributed by atoms with van der Waals surface area (Å²) in [7, 11) is 0. The van der Waals surface area contributed by atoms with E-state index in [9.17, 15) is 9.59 Å². The second-order valence-electron chi connectivity index (χ2n) is 4.70. The fourth-order valence-electron chi connectivity index (χ4n) is 2.25. The van der Waals surface area contributed by atoms with Crippen molar-refractivity contribution in [1.82, 2.24) is 10.2 Å². The molecule has 2 heterocycles. The Labute approximate surface area is 111 Å². The lowest BCUT2D eigenvalue weighted by Gasteiger charge is -2.21.